The molecule has 0 aliphatic carbocycles. The van der Waals surface area contributed by atoms with E-state index in [-0.39, 0.29) is 18.4 Å². The number of piperazine rings is 1. The zero-order valence-electron chi connectivity index (χ0n) is 11.6. The molecule has 2 rings (SSSR count). The number of aliphatic hydroxyl groups is 1. The van der Waals surface area contributed by atoms with Crippen molar-refractivity contribution in [3.63, 3.8) is 0 Å². The van der Waals surface area contributed by atoms with E-state index in [1.54, 1.807) is 0 Å². The van der Waals surface area contributed by atoms with E-state index in [4.69, 9.17) is 4.74 Å². The van der Waals surface area contributed by atoms with Crippen molar-refractivity contribution >= 4 is 15.9 Å². The number of aliphatic hydroxyl groups excluding tert-OH is 1. The maximum atomic E-state index is 9.96. The highest BCUT2D eigenvalue weighted by Crippen LogP contribution is 2.38. The van der Waals surface area contributed by atoms with Gasteiger partial charge in [0.1, 0.15) is 0 Å². The Kier molecular flexibility index (Phi) is 5.65. The van der Waals surface area contributed by atoms with Crippen molar-refractivity contribution in [2.75, 3.05) is 39.4 Å². The lowest BCUT2D eigenvalue weighted by Gasteiger charge is -2.34. The van der Waals surface area contributed by atoms with Crippen LogP contribution in [0.3, 0.4) is 0 Å². The molecule has 6 heteroatoms. The third kappa shape index (κ3) is 3.44. The van der Waals surface area contributed by atoms with Crippen LogP contribution in [-0.2, 0) is 0 Å². The van der Waals surface area contributed by atoms with Crippen LogP contribution in [0, 0.1) is 0 Å². The Morgan fingerprint density at radius 3 is 2.70 bits per heavy atom. The van der Waals surface area contributed by atoms with E-state index >= 15 is 0 Å². The maximum absolute atomic E-state index is 9.96. The minimum Gasteiger partial charge on any atom is -0.503 e. The molecule has 1 heterocycles. The second-order valence-corrected chi connectivity index (χ2v) is 5.62. The molecule has 112 valence electrons. The number of hydrogen-bond donors (Lipinski definition) is 3. The standard InChI is InChI=1S/C14H21BrN2O3/c1-2-20-13-8-10(7-11(15)14(13)19)12(9-18)17-5-3-16-4-6-17/h7-8,12,16,18-19H,2-6,9H2,1H3/t12-/m0/s1. The summed E-state index contributed by atoms with van der Waals surface area (Å²) in [5, 5.41) is 23.0. The Morgan fingerprint density at radius 2 is 2.10 bits per heavy atom. The van der Waals surface area contributed by atoms with Crippen molar-refractivity contribution in [2.45, 2.75) is 13.0 Å². The van der Waals surface area contributed by atoms with E-state index in [0.717, 1.165) is 31.7 Å². The Balaban J connectivity index is 2.28. The molecule has 0 spiro atoms. The highest BCUT2D eigenvalue weighted by Gasteiger charge is 2.23. The van der Waals surface area contributed by atoms with E-state index in [1.807, 2.05) is 19.1 Å². The highest BCUT2D eigenvalue weighted by molar-refractivity contribution is 9.10. The second kappa shape index (κ2) is 7.26. The molecule has 1 aliphatic rings. The summed E-state index contributed by atoms with van der Waals surface area (Å²) in [4.78, 5) is 2.24. The van der Waals surface area contributed by atoms with Crippen molar-refractivity contribution in [2.24, 2.45) is 0 Å². The average Bonchev–Trinajstić information content (AvgIpc) is 2.46. The molecule has 3 N–H and O–H groups in total. The fourth-order valence-corrected chi connectivity index (χ4v) is 2.94. The Bertz CT molecular complexity index is 450. The van der Waals surface area contributed by atoms with Gasteiger partial charge in [0.05, 0.1) is 23.7 Å². The summed E-state index contributed by atoms with van der Waals surface area (Å²) in [7, 11) is 0. The maximum Gasteiger partial charge on any atom is 0.172 e. The Morgan fingerprint density at radius 1 is 1.40 bits per heavy atom. The molecular formula is C14H21BrN2O3. The Labute approximate surface area is 127 Å². The zero-order valence-corrected chi connectivity index (χ0v) is 13.2. The molecule has 1 aliphatic heterocycles. The monoisotopic (exact) mass is 344 g/mol. The predicted molar refractivity (Wildman–Crippen MR) is 81.2 cm³/mol. The van der Waals surface area contributed by atoms with Gasteiger partial charge in [-0.05, 0) is 40.5 Å². The van der Waals surface area contributed by atoms with Crippen LogP contribution in [0.5, 0.6) is 11.5 Å². The fourth-order valence-electron chi connectivity index (χ4n) is 2.48. The molecule has 0 bridgehead atoms. The van der Waals surface area contributed by atoms with E-state index < -0.39 is 0 Å². The van der Waals surface area contributed by atoms with Crippen molar-refractivity contribution < 1.29 is 14.9 Å². The number of aromatic hydroxyl groups is 1. The van der Waals surface area contributed by atoms with Gasteiger partial charge in [0, 0.05) is 26.2 Å². The van der Waals surface area contributed by atoms with E-state index in [9.17, 15) is 10.2 Å². The molecule has 0 aromatic heterocycles. The van der Waals surface area contributed by atoms with Crippen LogP contribution < -0.4 is 10.1 Å². The molecule has 1 atom stereocenters. The Hall–Kier alpha value is -0.820. The van der Waals surface area contributed by atoms with E-state index in [1.165, 1.54) is 0 Å². The molecule has 1 aromatic carbocycles. The first kappa shape index (κ1) is 15.6. The lowest BCUT2D eigenvalue weighted by atomic mass is 10.0. The lowest BCUT2D eigenvalue weighted by molar-refractivity contribution is 0.110. The zero-order chi connectivity index (χ0) is 14.5. The van der Waals surface area contributed by atoms with Gasteiger partial charge >= 0.3 is 0 Å². The van der Waals surface area contributed by atoms with Crippen LogP contribution in [0.15, 0.2) is 16.6 Å². The molecule has 1 fully saturated rings. The molecule has 1 saturated heterocycles. The van der Waals surface area contributed by atoms with Gasteiger partial charge in [-0.1, -0.05) is 0 Å². The largest absolute Gasteiger partial charge is 0.503 e. The number of nitrogens with one attached hydrogen (secondary N) is 1. The van der Waals surface area contributed by atoms with Crippen LogP contribution in [0.2, 0.25) is 0 Å². The average molecular weight is 345 g/mol. The number of halogens is 1. The first-order valence-electron chi connectivity index (χ1n) is 6.88. The van der Waals surface area contributed by atoms with Gasteiger partial charge in [0.2, 0.25) is 0 Å². The van der Waals surface area contributed by atoms with Crippen molar-refractivity contribution in [1.82, 2.24) is 10.2 Å². The summed E-state index contributed by atoms with van der Waals surface area (Å²) in [6, 6.07) is 3.58. The first-order valence-corrected chi connectivity index (χ1v) is 7.67. The molecule has 1 aromatic rings. The van der Waals surface area contributed by atoms with Crippen LogP contribution in [-0.4, -0.2) is 54.5 Å². The van der Waals surface area contributed by atoms with Gasteiger partial charge in [-0.2, -0.15) is 0 Å². The van der Waals surface area contributed by atoms with Crippen molar-refractivity contribution in [3.8, 4) is 11.5 Å². The molecule has 20 heavy (non-hydrogen) atoms. The summed E-state index contributed by atoms with van der Waals surface area (Å²) in [5.41, 5.74) is 0.947. The summed E-state index contributed by atoms with van der Waals surface area (Å²) in [6.45, 7) is 6.05. The minimum absolute atomic E-state index is 0.0444. The SMILES string of the molecule is CCOc1cc([C@H](CO)N2CCNCC2)cc(Br)c1O. The van der Waals surface area contributed by atoms with Crippen molar-refractivity contribution in [3.05, 3.63) is 22.2 Å². The molecule has 5 nitrogen and oxygen atoms in total. The normalized spacial score (nSPS) is 17.9. The highest BCUT2D eigenvalue weighted by atomic mass is 79.9. The third-order valence-electron chi connectivity index (χ3n) is 3.50. The summed E-state index contributed by atoms with van der Waals surface area (Å²) >= 11 is 3.35. The summed E-state index contributed by atoms with van der Waals surface area (Å²) in [6.07, 6.45) is 0. The smallest absolute Gasteiger partial charge is 0.172 e. The van der Waals surface area contributed by atoms with Crippen molar-refractivity contribution in [1.29, 1.82) is 0 Å². The number of hydrogen-bond acceptors (Lipinski definition) is 5. The third-order valence-corrected chi connectivity index (χ3v) is 4.11. The molecule has 0 saturated carbocycles. The van der Waals surface area contributed by atoms with Gasteiger partial charge < -0.3 is 20.3 Å². The summed E-state index contributed by atoms with van der Waals surface area (Å²) < 4.78 is 6.04. The van der Waals surface area contributed by atoms with Crippen LogP contribution in [0.1, 0.15) is 18.5 Å². The quantitative estimate of drug-likeness (QED) is 0.755. The molecule has 0 unspecified atom stereocenters. The molecule has 0 amide bonds. The molecule has 0 radical (unpaired) electrons. The number of rotatable bonds is 5. The van der Waals surface area contributed by atoms with Crippen LogP contribution in [0.25, 0.3) is 0 Å². The number of benzene rings is 1. The lowest BCUT2D eigenvalue weighted by Crippen LogP contribution is -2.46. The number of ether oxygens (including phenoxy) is 1. The number of phenols is 1. The van der Waals surface area contributed by atoms with Gasteiger partial charge in [-0.15, -0.1) is 0 Å². The second-order valence-electron chi connectivity index (χ2n) is 4.77. The predicted octanol–water partition coefficient (Wildman–Crippen LogP) is 1.49. The first-order chi connectivity index (χ1) is 9.67. The van der Waals surface area contributed by atoms with Gasteiger partial charge in [-0.25, -0.2) is 0 Å². The topological polar surface area (TPSA) is 65.0 Å². The van der Waals surface area contributed by atoms with E-state index in [0.29, 0.717) is 16.8 Å². The molecular weight excluding hydrogens is 324 g/mol. The number of nitrogens with zero attached hydrogens (tertiary/aromatic N) is 1. The van der Waals surface area contributed by atoms with Gasteiger partial charge in [-0.3, -0.25) is 4.90 Å². The fraction of sp³-hybridized carbons (Fsp3) is 0.571. The van der Waals surface area contributed by atoms with Gasteiger partial charge in [0.15, 0.2) is 11.5 Å². The van der Waals surface area contributed by atoms with Crippen LogP contribution >= 0.6 is 15.9 Å². The van der Waals surface area contributed by atoms with Crippen LogP contribution in [0.4, 0.5) is 0 Å². The minimum atomic E-state index is -0.0757. The van der Waals surface area contributed by atoms with E-state index in [2.05, 4.69) is 26.1 Å². The van der Waals surface area contributed by atoms with Gasteiger partial charge in [0.25, 0.3) is 0 Å². The number of phenolic OH excluding ortho intramolecular Hbond substituents is 1. The summed E-state index contributed by atoms with van der Waals surface area (Å²) in [5.74, 6) is 0.554.